The summed E-state index contributed by atoms with van der Waals surface area (Å²) >= 11 is 0. The van der Waals surface area contributed by atoms with E-state index in [0.29, 0.717) is 13.1 Å². The van der Waals surface area contributed by atoms with E-state index in [9.17, 15) is 9.90 Å². The molecular formula is C12H24N2O2. The number of nitrogens with two attached hydrogens (primary N) is 1. The molecule has 1 aliphatic rings. The Bertz CT molecular complexity index is 217. The summed E-state index contributed by atoms with van der Waals surface area (Å²) in [6.07, 6.45) is 4.68. The molecule has 0 bridgehead atoms. The number of rotatable bonds is 5. The Labute approximate surface area is 97.6 Å². The smallest absolute Gasteiger partial charge is 0.224 e. The van der Waals surface area contributed by atoms with Crippen LogP contribution in [0.5, 0.6) is 0 Å². The highest BCUT2D eigenvalue weighted by molar-refractivity contribution is 5.78. The third kappa shape index (κ3) is 3.76. The fraction of sp³-hybridized carbons (Fsp3) is 0.917. The maximum atomic E-state index is 11.7. The van der Waals surface area contributed by atoms with Gasteiger partial charge in [-0.15, -0.1) is 0 Å². The summed E-state index contributed by atoms with van der Waals surface area (Å²) < 4.78 is 0. The van der Waals surface area contributed by atoms with Crippen molar-refractivity contribution in [3.05, 3.63) is 0 Å². The summed E-state index contributed by atoms with van der Waals surface area (Å²) in [6, 6.07) is 0. The minimum absolute atomic E-state index is 0.0303. The molecule has 1 saturated carbocycles. The van der Waals surface area contributed by atoms with Crippen LogP contribution in [0.4, 0.5) is 0 Å². The van der Waals surface area contributed by atoms with Gasteiger partial charge in [-0.2, -0.15) is 0 Å². The Hall–Kier alpha value is -0.610. The molecule has 4 nitrogen and oxygen atoms in total. The number of amides is 1. The molecule has 0 aromatic rings. The van der Waals surface area contributed by atoms with Gasteiger partial charge in [0.15, 0.2) is 0 Å². The topological polar surface area (TPSA) is 75.4 Å². The molecule has 3 atom stereocenters. The summed E-state index contributed by atoms with van der Waals surface area (Å²) in [5.41, 5.74) is 5.51. The second-order valence-corrected chi connectivity index (χ2v) is 4.70. The molecule has 4 heteroatoms. The van der Waals surface area contributed by atoms with Crippen molar-refractivity contribution in [2.24, 2.45) is 17.6 Å². The lowest BCUT2D eigenvalue weighted by molar-refractivity contribution is -0.125. The largest absolute Gasteiger partial charge is 0.393 e. The van der Waals surface area contributed by atoms with Gasteiger partial charge >= 0.3 is 0 Å². The summed E-state index contributed by atoms with van der Waals surface area (Å²) in [7, 11) is 0. The standard InChI is InChI=1S/C12H24N2O2/c1-2-9(7-13)12(16)14-8-10-5-3-4-6-11(10)15/h9-11,15H,2-8,13H2,1H3,(H,14,16). The molecule has 4 N–H and O–H groups in total. The quantitative estimate of drug-likeness (QED) is 0.646. The van der Waals surface area contributed by atoms with Gasteiger partial charge < -0.3 is 16.2 Å². The van der Waals surface area contributed by atoms with Crippen molar-refractivity contribution < 1.29 is 9.90 Å². The van der Waals surface area contributed by atoms with Gasteiger partial charge in [0, 0.05) is 24.9 Å². The van der Waals surface area contributed by atoms with Gasteiger partial charge in [0.2, 0.25) is 5.91 Å². The number of carbonyl (C=O) groups excluding carboxylic acids is 1. The second kappa shape index (κ2) is 6.86. The van der Waals surface area contributed by atoms with Crippen LogP contribution < -0.4 is 11.1 Å². The maximum Gasteiger partial charge on any atom is 0.224 e. The van der Waals surface area contributed by atoms with Gasteiger partial charge in [-0.1, -0.05) is 19.8 Å². The number of aliphatic hydroxyl groups excluding tert-OH is 1. The molecule has 0 aliphatic heterocycles. The van der Waals surface area contributed by atoms with Crippen molar-refractivity contribution in [2.75, 3.05) is 13.1 Å². The minimum Gasteiger partial charge on any atom is -0.393 e. The van der Waals surface area contributed by atoms with Gasteiger partial charge in [-0.3, -0.25) is 4.79 Å². The summed E-state index contributed by atoms with van der Waals surface area (Å²) in [4.78, 5) is 11.7. The number of hydrogen-bond donors (Lipinski definition) is 3. The Morgan fingerprint density at radius 2 is 2.19 bits per heavy atom. The van der Waals surface area contributed by atoms with Crippen molar-refractivity contribution in [1.29, 1.82) is 0 Å². The van der Waals surface area contributed by atoms with E-state index in [1.54, 1.807) is 0 Å². The van der Waals surface area contributed by atoms with E-state index >= 15 is 0 Å². The van der Waals surface area contributed by atoms with Gasteiger partial charge in [0.05, 0.1) is 6.10 Å². The third-order valence-corrected chi connectivity index (χ3v) is 3.56. The second-order valence-electron chi connectivity index (χ2n) is 4.70. The van der Waals surface area contributed by atoms with Crippen molar-refractivity contribution in [3.63, 3.8) is 0 Å². The first-order valence-corrected chi connectivity index (χ1v) is 6.34. The van der Waals surface area contributed by atoms with Crippen LogP contribution in [-0.4, -0.2) is 30.2 Å². The molecule has 1 rings (SSSR count). The van der Waals surface area contributed by atoms with Crippen molar-refractivity contribution in [3.8, 4) is 0 Å². The van der Waals surface area contributed by atoms with Crippen LogP contribution in [0, 0.1) is 11.8 Å². The fourth-order valence-electron chi connectivity index (χ4n) is 2.26. The van der Waals surface area contributed by atoms with Gasteiger partial charge in [0.1, 0.15) is 0 Å². The molecule has 0 aromatic carbocycles. The average molecular weight is 228 g/mol. The highest BCUT2D eigenvalue weighted by atomic mass is 16.3. The first-order chi connectivity index (χ1) is 7.69. The molecule has 16 heavy (non-hydrogen) atoms. The molecule has 94 valence electrons. The van der Waals surface area contributed by atoms with E-state index < -0.39 is 0 Å². The average Bonchev–Trinajstić information content (AvgIpc) is 2.29. The lowest BCUT2D eigenvalue weighted by Gasteiger charge is -2.28. The van der Waals surface area contributed by atoms with Crippen LogP contribution >= 0.6 is 0 Å². The first kappa shape index (κ1) is 13.5. The first-order valence-electron chi connectivity index (χ1n) is 6.34. The zero-order valence-corrected chi connectivity index (χ0v) is 10.1. The predicted octanol–water partition coefficient (Wildman–Crippen LogP) is 0.639. The third-order valence-electron chi connectivity index (χ3n) is 3.56. The van der Waals surface area contributed by atoms with Gasteiger partial charge in [-0.25, -0.2) is 0 Å². The van der Waals surface area contributed by atoms with Crippen molar-refractivity contribution in [2.45, 2.75) is 45.1 Å². The van der Waals surface area contributed by atoms with E-state index in [1.165, 1.54) is 0 Å². The number of hydrogen-bond acceptors (Lipinski definition) is 3. The van der Waals surface area contributed by atoms with E-state index in [2.05, 4.69) is 5.32 Å². The highest BCUT2D eigenvalue weighted by Gasteiger charge is 2.24. The van der Waals surface area contributed by atoms with Crippen LogP contribution in [-0.2, 0) is 4.79 Å². The van der Waals surface area contributed by atoms with Crippen LogP contribution in [0.3, 0.4) is 0 Å². The molecular weight excluding hydrogens is 204 g/mol. The number of carbonyl (C=O) groups is 1. The Kier molecular flexibility index (Phi) is 5.77. The van der Waals surface area contributed by atoms with Crippen molar-refractivity contribution >= 4 is 5.91 Å². The summed E-state index contributed by atoms with van der Waals surface area (Å²) in [6.45, 7) is 2.96. The zero-order chi connectivity index (χ0) is 12.0. The van der Waals surface area contributed by atoms with Crippen LogP contribution in [0.1, 0.15) is 39.0 Å². The minimum atomic E-state index is -0.244. The van der Waals surface area contributed by atoms with Crippen LogP contribution in [0.25, 0.3) is 0 Å². The number of nitrogens with one attached hydrogen (secondary N) is 1. The molecule has 0 saturated heterocycles. The van der Waals surface area contributed by atoms with Gasteiger partial charge in [0.25, 0.3) is 0 Å². The fourth-order valence-corrected chi connectivity index (χ4v) is 2.26. The van der Waals surface area contributed by atoms with Crippen LogP contribution in [0.15, 0.2) is 0 Å². The van der Waals surface area contributed by atoms with Crippen LogP contribution in [0.2, 0.25) is 0 Å². The zero-order valence-electron chi connectivity index (χ0n) is 10.1. The molecule has 1 amide bonds. The van der Waals surface area contributed by atoms with E-state index in [-0.39, 0.29) is 23.8 Å². The van der Waals surface area contributed by atoms with E-state index in [1.807, 2.05) is 6.92 Å². The van der Waals surface area contributed by atoms with E-state index in [4.69, 9.17) is 5.73 Å². The lowest BCUT2D eigenvalue weighted by atomic mass is 9.86. The predicted molar refractivity (Wildman–Crippen MR) is 63.8 cm³/mol. The molecule has 3 unspecified atom stereocenters. The molecule has 0 spiro atoms. The maximum absolute atomic E-state index is 11.7. The Morgan fingerprint density at radius 3 is 2.75 bits per heavy atom. The lowest BCUT2D eigenvalue weighted by Crippen LogP contribution is -2.40. The number of aliphatic hydroxyl groups is 1. The van der Waals surface area contributed by atoms with Gasteiger partial charge in [-0.05, 0) is 19.3 Å². The molecule has 0 heterocycles. The summed E-state index contributed by atoms with van der Waals surface area (Å²) in [5.74, 6) is 0.177. The Balaban J connectivity index is 2.29. The molecule has 1 fully saturated rings. The summed E-state index contributed by atoms with van der Waals surface area (Å²) in [5, 5.41) is 12.7. The Morgan fingerprint density at radius 1 is 1.50 bits per heavy atom. The SMILES string of the molecule is CCC(CN)C(=O)NCC1CCCCC1O. The molecule has 0 aromatic heterocycles. The van der Waals surface area contributed by atoms with Crippen molar-refractivity contribution in [1.82, 2.24) is 5.32 Å². The normalized spacial score (nSPS) is 27.4. The molecule has 0 radical (unpaired) electrons. The molecule has 1 aliphatic carbocycles. The monoisotopic (exact) mass is 228 g/mol. The highest BCUT2D eigenvalue weighted by Crippen LogP contribution is 2.23. The van der Waals surface area contributed by atoms with E-state index in [0.717, 1.165) is 32.1 Å².